The van der Waals surface area contributed by atoms with Crippen LogP contribution >= 0.6 is 0 Å². The average molecular weight is 350 g/mol. The fourth-order valence-electron chi connectivity index (χ4n) is 2.91. The SMILES string of the molecule is CC(C)(C)OC(=O)N1CCCc2cccc(CNCCOCCO)c21. The van der Waals surface area contributed by atoms with Gasteiger partial charge in [-0.15, -0.1) is 0 Å². The molecule has 0 bridgehead atoms. The molecule has 6 nitrogen and oxygen atoms in total. The first kappa shape index (κ1) is 19.7. The summed E-state index contributed by atoms with van der Waals surface area (Å²) in [6.07, 6.45) is 1.63. The molecule has 0 radical (unpaired) electrons. The maximum absolute atomic E-state index is 12.6. The molecular formula is C19H30N2O4. The zero-order valence-electron chi connectivity index (χ0n) is 15.5. The van der Waals surface area contributed by atoms with Crippen LogP contribution in [0.4, 0.5) is 10.5 Å². The van der Waals surface area contributed by atoms with Crippen LogP contribution in [0.25, 0.3) is 0 Å². The molecule has 1 aromatic rings. The number of nitrogens with one attached hydrogen (secondary N) is 1. The minimum Gasteiger partial charge on any atom is -0.443 e. The van der Waals surface area contributed by atoms with Gasteiger partial charge in [-0.3, -0.25) is 4.90 Å². The predicted octanol–water partition coefficient (Wildman–Crippen LogP) is 2.47. The smallest absolute Gasteiger partial charge is 0.414 e. The molecule has 1 aromatic carbocycles. The second-order valence-electron chi connectivity index (χ2n) is 7.17. The van der Waals surface area contributed by atoms with E-state index in [4.69, 9.17) is 14.6 Å². The lowest BCUT2D eigenvalue weighted by Crippen LogP contribution is -2.40. The highest BCUT2D eigenvalue weighted by Crippen LogP contribution is 2.32. The van der Waals surface area contributed by atoms with E-state index in [0.717, 1.165) is 24.1 Å². The van der Waals surface area contributed by atoms with Crippen molar-refractivity contribution >= 4 is 11.8 Å². The summed E-state index contributed by atoms with van der Waals surface area (Å²) in [6, 6.07) is 6.17. The number of nitrogens with zero attached hydrogens (tertiary/aromatic N) is 1. The molecule has 0 fully saturated rings. The maximum atomic E-state index is 12.6. The highest BCUT2D eigenvalue weighted by molar-refractivity contribution is 5.90. The highest BCUT2D eigenvalue weighted by Gasteiger charge is 2.28. The number of para-hydroxylation sites is 1. The molecule has 0 aromatic heterocycles. The first-order chi connectivity index (χ1) is 11.9. The van der Waals surface area contributed by atoms with Gasteiger partial charge in [-0.1, -0.05) is 18.2 Å². The molecule has 0 saturated carbocycles. The van der Waals surface area contributed by atoms with Gasteiger partial charge in [-0.25, -0.2) is 4.79 Å². The summed E-state index contributed by atoms with van der Waals surface area (Å²) in [6.45, 7) is 8.62. The number of hydrogen-bond donors (Lipinski definition) is 2. The Morgan fingerprint density at radius 3 is 2.84 bits per heavy atom. The van der Waals surface area contributed by atoms with Crippen LogP contribution in [0.2, 0.25) is 0 Å². The number of hydrogen-bond acceptors (Lipinski definition) is 5. The van der Waals surface area contributed by atoms with Crippen LogP contribution in [0, 0.1) is 0 Å². The molecule has 0 atom stereocenters. The summed E-state index contributed by atoms with van der Waals surface area (Å²) in [7, 11) is 0. The van der Waals surface area contributed by atoms with Crippen molar-refractivity contribution in [1.29, 1.82) is 0 Å². The third kappa shape index (κ3) is 5.99. The highest BCUT2D eigenvalue weighted by atomic mass is 16.6. The van der Waals surface area contributed by atoms with E-state index in [1.54, 1.807) is 4.90 Å². The van der Waals surface area contributed by atoms with Crippen LogP contribution in [0.1, 0.15) is 38.3 Å². The van der Waals surface area contributed by atoms with E-state index < -0.39 is 5.60 Å². The molecule has 1 aliphatic heterocycles. The van der Waals surface area contributed by atoms with Crippen molar-refractivity contribution in [2.45, 2.75) is 45.8 Å². The van der Waals surface area contributed by atoms with E-state index in [9.17, 15) is 4.79 Å². The summed E-state index contributed by atoms with van der Waals surface area (Å²) in [5.41, 5.74) is 2.75. The lowest BCUT2D eigenvalue weighted by molar-refractivity contribution is 0.0577. The number of fused-ring (bicyclic) bond motifs is 1. The van der Waals surface area contributed by atoms with Gasteiger partial charge in [0.15, 0.2) is 0 Å². The molecule has 0 unspecified atom stereocenters. The van der Waals surface area contributed by atoms with E-state index in [1.165, 1.54) is 5.56 Å². The second-order valence-corrected chi connectivity index (χ2v) is 7.17. The Morgan fingerprint density at radius 2 is 2.12 bits per heavy atom. The van der Waals surface area contributed by atoms with Crippen molar-refractivity contribution < 1.29 is 19.4 Å². The average Bonchev–Trinajstić information content (AvgIpc) is 2.56. The summed E-state index contributed by atoms with van der Waals surface area (Å²) in [5, 5.41) is 12.0. The minimum atomic E-state index is -0.508. The Bertz CT molecular complexity index is 569. The Kier molecular flexibility index (Phi) is 7.23. The molecule has 2 rings (SSSR count). The van der Waals surface area contributed by atoms with Gasteiger partial charge in [0.05, 0.1) is 25.5 Å². The normalized spacial score (nSPS) is 14.3. The molecule has 25 heavy (non-hydrogen) atoms. The number of anilines is 1. The van der Waals surface area contributed by atoms with Gasteiger partial charge in [0.2, 0.25) is 0 Å². The van der Waals surface area contributed by atoms with Gasteiger partial charge < -0.3 is 19.9 Å². The Morgan fingerprint density at radius 1 is 1.32 bits per heavy atom. The molecular weight excluding hydrogens is 320 g/mol. The Balaban J connectivity index is 2.06. The minimum absolute atomic E-state index is 0.0387. The number of benzene rings is 1. The number of ether oxygens (including phenoxy) is 2. The van der Waals surface area contributed by atoms with Crippen LogP contribution in [0.5, 0.6) is 0 Å². The van der Waals surface area contributed by atoms with E-state index in [0.29, 0.717) is 32.8 Å². The van der Waals surface area contributed by atoms with Gasteiger partial charge in [0.1, 0.15) is 5.60 Å². The number of aliphatic hydroxyl groups excluding tert-OH is 1. The third-order valence-corrected chi connectivity index (χ3v) is 3.89. The van der Waals surface area contributed by atoms with Gasteiger partial charge in [-0.2, -0.15) is 0 Å². The van der Waals surface area contributed by atoms with Gasteiger partial charge in [0.25, 0.3) is 0 Å². The van der Waals surface area contributed by atoms with Crippen LogP contribution in [0.15, 0.2) is 18.2 Å². The van der Waals surface area contributed by atoms with Crippen LogP contribution in [-0.4, -0.2) is 49.7 Å². The number of aliphatic hydroxyl groups is 1. The van der Waals surface area contributed by atoms with Crippen molar-refractivity contribution in [3.05, 3.63) is 29.3 Å². The number of amides is 1. The lowest BCUT2D eigenvalue weighted by atomic mass is 9.98. The zero-order valence-corrected chi connectivity index (χ0v) is 15.5. The number of carbonyl (C=O) groups is 1. The van der Waals surface area contributed by atoms with Gasteiger partial charge >= 0.3 is 6.09 Å². The monoisotopic (exact) mass is 350 g/mol. The largest absolute Gasteiger partial charge is 0.443 e. The number of carbonyl (C=O) groups excluding carboxylic acids is 1. The zero-order chi connectivity index (χ0) is 18.3. The molecule has 0 aliphatic carbocycles. The number of rotatable bonds is 7. The van der Waals surface area contributed by atoms with E-state index in [-0.39, 0.29) is 12.7 Å². The summed E-state index contributed by atoms with van der Waals surface area (Å²) in [5.74, 6) is 0. The fraction of sp³-hybridized carbons (Fsp3) is 0.632. The molecule has 0 spiro atoms. The van der Waals surface area contributed by atoms with Crippen LogP contribution < -0.4 is 10.2 Å². The van der Waals surface area contributed by atoms with Crippen molar-refractivity contribution in [1.82, 2.24) is 5.32 Å². The van der Waals surface area contributed by atoms with Crippen molar-refractivity contribution in [2.24, 2.45) is 0 Å². The lowest BCUT2D eigenvalue weighted by Gasteiger charge is -2.33. The van der Waals surface area contributed by atoms with Crippen molar-refractivity contribution in [3.63, 3.8) is 0 Å². The Hall–Kier alpha value is -1.63. The standard InChI is InChI=1S/C19H30N2O4/c1-19(2,3)25-18(23)21-10-5-8-15-6-4-7-16(17(15)21)14-20-9-12-24-13-11-22/h4,6-7,20,22H,5,8-14H2,1-3H3. The fourth-order valence-corrected chi connectivity index (χ4v) is 2.91. The number of aryl methyl sites for hydroxylation is 1. The maximum Gasteiger partial charge on any atom is 0.414 e. The molecule has 0 saturated heterocycles. The predicted molar refractivity (Wildman–Crippen MR) is 98.0 cm³/mol. The van der Waals surface area contributed by atoms with E-state index in [2.05, 4.69) is 11.4 Å². The van der Waals surface area contributed by atoms with Crippen molar-refractivity contribution in [2.75, 3.05) is 37.8 Å². The molecule has 1 amide bonds. The summed E-state index contributed by atoms with van der Waals surface area (Å²) >= 11 is 0. The molecule has 1 heterocycles. The van der Waals surface area contributed by atoms with Crippen LogP contribution in [-0.2, 0) is 22.4 Å². The van der Waals surface area contributed by atoms with Crippen LogP contribution in [0.3, 0.4) is 0 Å². The second kappa shape index (κ2) is 9.17. The van der Waals surface area contributed by atoms with Gasteiger partial charge in [-0.05, 0) is 44.7 Å². The Labute approximate surface area is 150 Å². The summed E-state index contributed by atoms with van der Waals surface area (Å²) < 4.78 is 10.8. The summed E-state index contributed by atoms with van der Waals surface area (Å²) in [4.78, 5) is 14.4. The van der Waals surface area contributed by atoms with Crippen molar-refractivity contribution in [3.8, 4) is 0 Å². The van der Waals surface area contributed by atoms with E-state index in [1.807, 2.05) is 32.9 Å². The first-order valence-electron chi connectivity index (χ1n) is 8.93. The van der Waals surface area contributed by atoms with E-state index >= 15 is 0 Å². The molecule has 6 heteroatoms. The topological polar surface area (TPSA) is 71.0 Å². The molecule has 140 valence electrons. The molecule has 2 N–H and O–H groups in total. The molecule has 1 aliphatic rings. The first-order valence-corrected chi connectivity index (χ1v) is 8.93. The van der Waals surface area contributed by atoms with Gasteiger partial charge in [0, 0.05) is 19.6 Å². The third-order valence-electron chi connectivity index (χ3n) is 3.89. The quantitative estimate of drug-likeness (QED) is 0.739.